The number of amides is 1. The Labute approximate surface area is 181 Å². The molecule has 0 atom stereocenters. The number of carbonyl (C=O) groups is 1. The molecular formula is C25H26N4O2. The molecule has 31 heavy (non-hydrogen) atoms. The van der Waals surface area contributed by atoms with Crippen molar-refractivity contribution in [1.82, 2.24) is 9.55 Å². The zero-order chi connectivity index (χ0) is 21.4. The van der Waals surface area contributed by atoms with Gasteiger partial charge in [-0.3, -0.25) is 14.2 Å². The quantitative estimate of drug-likeness (QED) is 0.712. The van der Waals surface area contributed by atoms with E-state index < -0.39 is 0 Å². The summed E-state index contributed by atoms with van der Waals surface area (Å²) in [7, 11) is 0. The number of hydrogen-bond acceptors (Lipinski definition) is 4. The maximum absolute atomic E-state index is 12.8. The zero-order valence-corrected chi connectivity index (χ0v) is 17.7. The molecule has 0 spiro atoms. The van der Waals surface area contributed by atoms with E-state index in [9.17, 15) is 9.59 Å². The molecule has 2 aromatic carbocycles. The summed E-state index contributed by atoms with van der Waals surface area (Å²) >= 11 is 0. The number of anilines is 2. The van der Waals surface area contributed by atoms with Gasteiger partial charge in [0.15, 0.2) is 0 Å². The van der Waals surface area contributed by atoms with Gasteiger partial charge in [-0.25, -0.2) is 4.98 Å². The number of benzene rings is 2. The number of nitrogens with zero attached hydrogens (tertiary/aromatic N) is 3. The number of carbonyl (C=O) groups excluding carboxylic acids is 1. The maximum atomic E-state index is 12.8. The molecule has 6 nitrogen and oxygen atoms in total. The highest BCUT2D eigenvalue weighted by molar-refractivity contribution is 5.91. The van der Waals surface area contributed by atoms with Crippen LogP contribution >= 0.6 is 0 Å². The molecule has 1 aliphatic heterocycles. The molecular weight excluding hydrogens is 388 g/mol. The Kier molecular flexibility index (Phi) is 5.06. The normalized spacial score (nSPS) is 14.8. The zero-order valence-electron chi connectivity index (χ0n) is 17.7. The third kappa shape index (κ3) is 3.98. The lowest BCUT2D eigenvalue weighted by Crippen LogP contribution is -2.38. The highest BCUT2D eigenvalue weighted by atomic mass is 16.2. The van der Waals surface area contributed by atoms with Crippen molar-refractivity contribution in [3.05, 3.63) is 86.8 Å². The molecule has 0 bridgehead atoms. The lowest BCUT2D eigenvalue weighted by atomic mass is 10.0. The largest absolute Gasteiger partial charge is 0.337 e. The van der Waals surface area contributed by atoms with Crippen LogP contribution in [0.1, 0.15) is 34.4 Å². The molecule has 2 aliphatic rings. The van der Waals surface area contributed by atoms with Gasteiger partial charge < -0.3 is 10.2 Å². The molecule has 1 aliphatic carbocycles. The Bertz CT molecular complexity index is 1210. The fourth-order valence-corrected chi connectivity index (χ4v) is 4.66. The number of aromatic nitrogens is 2. The SMILES string of the molecule is Cc1cc(=O)n(CC(=O)Nc2ccc3c(c2)CCC3)c(N2CCc3ccccc3C2)n1. The lowest BCUT2D eigenvalue weighted by molar-refractivity contribution is -0.116. The molecule has 5 rings (SSSR count). The van der Waals surface area contributed by atoms with E-state index in [2.05, 4.69) is 45.5 Å². The summed E-state index contributed by atoms with van der Waals surface area (Å²) in [6.07, 6.45) is 4.22. The standard InChI is InChI=1S/C25H26N4O2/c1-17-13-24(31)29(16-23(30)27-22-10-9-18-7-4-8-20(18)14-22)25(26-17)28-12-11-19-5-2-3-6-21(19)15-28/h2-3,5-6,9-10,13-14H,4,7-8,11-12,15-16H2,1H3,(H,27,30). The van der Waals surface area contributed by atoms with Crippen LogP contribution in [0.5, 0.6) is 0 Å². The van der Waals surface area contributed by atoms with Gasteiger partial charge in [0.1, 0.15) is 6.54 Å². The van der Waals surface area contributed by atoms with Crippen LogP contribution < -0.4 is 15.8 Å². The van der Waals surface area contributed by atoms with Crippen molar-refractivity contribution in [3.63, 3.8) is 0 Å². The smallest absolute Gasteiger partial charge is 0.255 e. The minimum Gasteiger partial charge on any atom is -0.337 e. The summed E-state index contributed by atoms with van der Waals surface area (Å²) in [4.78, 5) is 32.4. The van der Waals surface area contributed by atoms with Crippen LogP contribution in [0.15, 0.2) is 53.3 Å². The predicted molar refractivity (Wildman–Crippen MR) is 122 cm³/mol. The minimum absolute atomic E-state index is 0.0589. The van der Waals surface area contributed by atoms with Crippen molar-refractivity contribution in [2.45, 2.75) is 45.7 Å². The molecule has 158 valence electrons. The first-order valence-electron chi connectivity index (χ1n) is 10.9. The average Bonchev–Trinajstić information content (AvgIpc) is 3.23. The molecule has 0 saturated carbocycles. The topological polar surface area (TPSA) is 67.2 Å². The Morgan fingerprint density at radius 3 is 2.65 bits per heavy atom. The van der Waals surface area contributed by atoms with Crippen molar-refractivity contribution in [1.29, 1.82) is 0 Å². The van der Waals surface area contributed by atoms with Gasteiger partial charge in [0.05, 0.1) is 0 Å². The lowest BCUT2D eigenvalue weighted by Gasteiger charge is -2.31. The third-order valence-corrected chi connectivity index (χ3v) is 6.21. The summed E-state index contributed by atoms with van der Waals surface area (Å²) in [5.74, 6) is 0.341. The first-order valence-corrected chi connectivity index (χ1v) is 10.9. The van der Waals surface area contributed by atoms with Gasteiger partial charge in [-0.15, -0.1) is 0 Å². The van der Waals surface area contributed by atoms with E-state index >= 15 is 0 Å². The molecule has 0 saturated heterocycles. The van der Waals surface area contributed by atoms with E-state index in [0.717, 1.165) is 31.5 Å². The molecule has 3 aromatic rings. The van der Waals surface area contributed by atoms with Crippen molar-refractivity contribution < 1.29 is 4.79 Å². The fraction of sp³-hybridized carbons (Fsp3) is 0.320. The third-order valence-electron chi connectivity index (χ3n) is 6.21. The van der Waals surface area contributed by atoms with Crippen LogP contribution in [0.3, 0.4) is 0 Å². The first kappa shape index (κ1) is 19.5. The van der Waals surface area contributed by atoms with Crippen molar-refractivity contribution in [3.8, 4) is 0 Å². The average molecular weight is 415 g/mol. The Balaban J connectivity index is 1.39. The van der Waals surface area contributed by atoms with E-state index in [0.29, 0.717) is 18.2 Å². The van der Waals surface area contributed by atoms with Crippen LogP contribution in [0.25, 0.3) is 0 Å². The van der Waals surface area contributed by atoms with E-state index in [1.54, 1.807) is 0 Å². The molecule has 0 unspecified atom stereocenters. The van der Waals surface area contributed by atoms with Gasteiger partial charge in [0.2, 0.25) is 11.9 Å². The number of aryl methyl sites for hydroxylation is 3. The van der Waals surface area contributed by atoms with E-state index in [1.165, 1.54) is 39.3 Å². The molecule has 0 radical (unpaired) electrons. The van der Waals surface area contributed by atoms with Crippen LogP contribution in [0.2, 0.25) is 0 Å². The van der Waals surface area contributed by atoms with Gasteiger partial charge >= 0.3 is 0 Å². The van der Waals surface area contributed by atoms with Crippen LogP contribution in [0, 0.1) is 6.92 Å². The van der Waals surface area contributed by atoms with Crippen molar-refractivity contribution >= 4 is 17.5 Å². The van der Waals surface area contributed by atoms with Gasteiger partial charge in [0.25, 0.3) is 5.56 Å². The summed E-state index contributed by atoms with van der Waals surface area (Å²) in [6, 6.07) is 15.9. The van der Waals surface area contributed by atoms with Crippen molar-refractivity contribution in [2.24, 2.45) is 0 Å². The Hall–Kier alpha value is -3.41. The molecule has 1 N–H and O–H groups in total. The summed E-state index contributed by atoms with van der Waals surface area (Å²) in [5.41, 5.74) is 6.48. The highest BCUT2D eigenvalue weighted by Gasteiger charge is 2.22. The van der Waals surface area contributed by atoms with E-state index in [-0.39, 0.29) is 18.0 Å². The minimum atomic E-state index is -0.218. The number of fused-ring (bicyclic) bond motifs is 2. The van der Waals surface area contributed by atoms with Gasteiger partial charge in [-0.2, -0.15) is 0 Å². The summed E-state index contributed by atoms with van der Waals surface area (Å²) < 4.78 is 1.49. The molecule has 6 heteroatoms. The van der Waals surface area contributed by atoms with Crippen LogP contribution in [-0.4, -0.2) is 22.0 Å². The van der Waals surface area contributed by atoms with Crippen LogP contribution in [0.4, 0.5) is 11.6 Å². The molecule has 1 amide bonds. The fourth-order valence-electron chi connectivity index (χ4n) is 4.66. The molecule has 0 fully saturated rings. The predicted octanol–water partition coefficient (Wildman–Crippen LogP) is 3.24. The molecule has 1 aromatic heterocycles. The Morgan fingerprint density at radius 2 is 1.77 bits per heavy atom. The summed E-state index contributed by atoms with van der Waals surface area (Å²) in [6.45, 7) is 3.20. The number of hydrogen-bond donors (Lipinski definition) is 1. The van der Waals surface area contributed by atoms with E-state index in [4.69, 9.17) is 0 Å². The second kappa shape index (κ2) is 8.02. The van der Waals surface area contributed by atoms with E-state index in [1.807, 2.05) is 19.1 Å². The van der Waals surface area contributed by atoms with Gasteiger partial charge in [0, 0.05) is 30.5 Å². The molecule has 2 heterocycles. The monoisotopic (exact) mass is 414 g/mol. The number of rotatable bonds is 4. The second-order valence-corrected chi connectivity index (χ2v) is 8.45. The van der Waals surface area contributed by atoms with Gasteiger partial charge in [-0.05, 0) is 67.0 Å². The first-order chi connectivity index (χ1) is 15.1. The maximum Gasteiger partial charge on any atom is 0.255 e. The second-order valence-electron chi connectivity index (χ2n) is 8.45. The number of nitrogens with one attached hydrogen (secondary N) is 1. The summed E-state index contributed by atoms with van der Waals surface area (Å²) in [5, 5.41) is 2.96. The highest BCUT2D eigenvalue weighted by Crippen LogP contribution is 2.25. The van der Waals surface area contributed by atoms with Crippen LogP contribution in [-0.2, 0) is 37.1 Å². The van der Waals surface area contributed by atoms with Gasteiger partial charge in [-0.1, -0.05) is 30.3 Å². The Morgan fingerprint density at radius 1 is 1.00 bits per heavy atom. The van der Waals surface area contributed by atoms with Crippen molar-refractivity contribution in [2.75, 3.05) is 16.8 Å².